The predicted molar refractivity (Wildman–Crippen MR) is 60.3 cm³/mol. The molecule has 2 heteroatoms. The van der Waals surface area contributed by atoms with E-state index in [0.717, 1.165) is 6.54 Å². The van der Waals surface area contributed by atoms with Crippen molar-refractivity contribution in [1.29, 1.82) is 0 Å². The SMILES string of the molecule is CC=Cc1c(C)[nH]c2c1CCN(C)C2. The normalized spacial score (nSPS) is 17.6. The van der Waals surface area contributed by atoms with Crippen molar-refractivity contribution in [2.75, 3.05) is 13.6 Å². The molecular formula is C12H18N2. The number of rotatable bonds is 1. The number of H-pyrrole nitrogens is 1. The molecule has 0 aromatic carbocycles. The Balaban J connectivity index is 2.43. The Labute approximate surface area is 85.6 Å². The zero-order valence-corrected chi connectivity index (χ0v) is 9.22. The van der Waals surface area contributed by atoms with Gasteiger partial charge in [-0.05, 0) is 38.4 Å². The molecule has 0 bridgehead atoms. The first kappa shape index (κ1) is 9.53. The number of nitrogens with one attached hydrogen (secondary N) is 1. The van der Waals surface area contributed by atoms with Gasteiger partial charge in [0.1, 0.15) is 0 Å². The molecule has 2 rings (SSSR count). The van der Waals surface area contributed by atoms with Gasteiger partial charge >= 0.3 is 0 Å². The molecule has 0 atom stereocenters. The van der Waals surface area contributed by atoms with Crippen LogP contribution in [0.3, 0.4) is 0 Å². The fourth-order valence-electron chi connectivity index (χ4n) is 2.22. The van der Waals surface area contributed by atoms with Crippen LogP contribution in [0.2, 0.25) is 0 Å². The molecule has 1 aliphatic rings. The molecule has 0 unspecified atom stereocenters. The van der Waals surface area contributed by atoms with Crippen LogP contribution in [-0.2, 0) is 13.0 Å². The van der Waals surface area contributed by atoms with E-state index >= 15 is 0 Å². The molecule has 14 heavy (non-hydrogen) atoms. The highest BCUT2D eigenvalue weighted by Crippen LogP contribution is 2.25. The minimum atomic E-state index is 1.06. The highest BCUT2D eigenvalue weighted by Gasteiger charge is 2.18. The molecule has 1 aromatic rings. The number of nitrogens with zero attached hydrogens (tertiary/aromatic N) is 1. The summed E-state index contributed by atoms with van der Waals surface area (Å²) in [5.41, 5.74) is 5.65. The van der Waals surface area contributed by atoms with Gasteiger partial charge in [0.25, 0.3) is 0 Å². The van der Waals surface area contributed by atoms with Gasteiger partial charge in [-0.25, -0.2) is 0 Å². The Hall–Kier alpha value is -1.02. The summed E-state index contributed by atoms with van der Waals surface area (Å²) in [5, 5.41) is 0. The van der Waals surface area contributed by atoms with Gasteiger partial charge in [0.2, 0.25) is 0 Å². The van der Waals surface area contributed by atoms with Crippen molar-refractivity contribution in [2.45, 2.75) is 26.8 Å². The van der Waals surface area contributed by atoms with Gasteiger partial charge in [0, 0.05) is 24.5 Å². The third kappa shape index (κ3) is 1.50. The lowest BCUT2D eigenvalue weighted by Gasteiger charge is -2.22. The number of hydrogen-bond donors (Lipinski definition) is 1. The van der Waals surface area contributed by atoms with E-state index in [4.69, 9.17) is 0 Å². The first-order chi connectivity index (χ1) is 6.72. The fourth-order valence-corrected chi connectivity index (χ4v) is 2.22. The molecule has 0 spiro atoms. The average Bonchev–Trinajstić information content (AvgIpc) is 2.43. The Morgan fingerprint density at radius 1 is 1.43 bits per heavy atom. The lowest BCUT2D eigenvalue weighted by atomic mass is 10.0. The van der Waals surface area contributed by atoms with E-state index in [9.17, 15) is 0 Å². The second-order valence-electron chi connectivity index (χ2n) is 4.11. The Morgan fingerprint density at radius 3 is 2.93 bits per heavy atom. The van der Waals surface area contributed by atoms with Crippen molar-refractivity contribution >= 4 is 6.08 Å². The Kier molecular flexibility index (Phi) is 2.46. The molecule has 0 saturated heterocycles. The van der Waals surface area contributed by atoms with Gasteiger partial charge in [-0.15, -0.1) is 0 Å². The lowest BCUT2D eigenvalue weighted by molar-refractivity contribution is 0.309. The van der Waals surface area contributed by atoms with Crippen LogP contribution in [0.15, 0.2) is 6.08 Å². The molecule has 2 heterocycles. The van der Waals surface area contributed by atoms with Crippen molar-refractivity contribution in [3.05, 3.63) is 28.6 Å². The largest absolute Gasteiger partial charge is 0.361 e. The van der Waals surface area contributed by atoms with Crippen LogP contribution in [0.25, 0.3) is 6.08 Å². The highest BCUT2D eigenvalue weighted by molar-refractivity contribution is 5.58. The maximum atomic E-state index is 3.49. The summed E-state index contributed by atoms with van der Waals surface area (Å²) in [6.07, 6.45) is 5.51. The van der Waals surface area contributed by atoms with Crippen LogP contribution in [0.1, 0.15) is 29.4 Å². The summed E-state index contributed by atoms with van der Waals surface area (Å²) >= 11 is 0. The van der Waals surface area contributed by atoms with E-state index in [-0.39, 0.29) is 0 Å². The number of allylic oxidation sites excluding steroid dienone is 1. The number of hydrogen-bond acceptors (Lipinski definition) is 1. The third-order valence-electron chi connectivity index (χ3n) is 2.94. The summed E-state index contributed by atoms with van der Waals surface area (Å²) in [4.78, 5) is 5.85. The molecule has 1 N–H and O–H groups in total. The molecule has 2 nitrogen and oxygen atoms in total. The van der Waals surface area contributed by atoms with E-state index in [1.807, 2.05) is 0 Å². The summed E-state index contributed by atoms with van der Waals surface area (Å²) in [6.45, 7) is 6.48. The van der Waals surface area contributed by atoms with Crippen LogP contribution in [0.5, 0.6) is 0 Å². The van der Waals surface area contributed by atoms with Gasteiger partial charge in [-0.3, -0.25) is 0 Å². The minimum absolute atomic E-state index is 1.06. The maximum absolute atomic E-state index is 3.49. The molecule has 0 saturated carbocycles. The lowest BCUT2D eigenvalue weighted by Crippen LogP contribution is -2.26. The number of fused-ring (bicyclic) bond motifs is 1. The average molecular weight is 190 g/mol. The number of aromatic nitrogens is 1. The van der Waals surface area contributed by atoms with E-state index in [0.29, 0.717) is 0 Å². The van der Waals surface area contributed by atoms with Crippen molar-refractivity contribution in [3.63, 3.8) is 0 Å². The third-order valence-corrected chi connectivity index (χ3v) is 2.94. The van der Waals surface area contributed by atoms with Crippen molar-refractivity contribution in [3.8, 4) is 0 Å². The van der Waals surface area contributed by atoms with Crippen LogP contribution >= 0.6 is 0 Å². The molecule has 1 aliphatic heterocycles. The van der Waals surface area contributed by atoms with Gasteiger partial charge in [-0.2, -0.15) is 0 Å². The van der Waals surface area contributed by atoms with Gasteiger partial charge in [-0.1, -0.05) is 12.2 Å². The Morgan fingerprint density at radius 2 is 2.21 bits per heavy atom. The Bertz CT molecular complexity index is 361. The zero-order valence-electron chi connectivity index (χ0n) is 9.22. The van der Waals surface area contributed by atoms with E-state index in [1.165, 1.54) is 35.5 Å². The topological polar surface area (TPSA) is 19.0 Å². The summed E-state index contributed by atoms with van der Waals surface area (Å²) in [6, 6.07) is 0. The molecule has 0 fully saturated rings. The quantitative estimate of drug-likeness (QED) is 0.720. The first-order valence-electron chi connectivity index (χ1n) is 5.24. The molecule has 0 aliphatic carbocycles. The summed E-state index contributed by atoms with van der Waals surface area (Å²) in [5.74, 6) is 0. The molecular weight excluding hydrogens is 172 g/mol. The standard InChI is InChI=1S/C12H18N2/c1-4-5-10-9(2)13-12-8-14(3)7-6-11(10)12/h4-5,13H,6-8H2,1-3H3. The molecule has 0 amide bonds. The second-order valence-corrected chi connectivity index (χ2v) is 4.11. The molecule has 76 valence electrons. The van der Waals surface area contributed by atoms with E-state index < -0.39 is 0 Å². The van der Waals surface area contributed by atoms with Crippen LogP contribution in [0.4, 0.5) is 0 Å². The van der Waals surface area contributed by atoms with Crippen molar-refractivity contribution in [1.82, 2.24) is 9.88 Å². The monoisotopic (exact) mass is 190 g/mol. The van der Waals surface area contributed by atoms with Crippen molar-refractivity contribution < 1.29 is 0 Å². The van der Waals surface area contributed by atoms with Crippen LogP contribution in [-0.4, -0.2) is 23.5 Å². The van der Waals surface area contributed by atoms with Gasteiger partial charge < -0.3 is 9.88 Å². The molecule has 1 aromatic heterocycles. The maximum Gasteiger partial charge on any atom is 0.0385 e. The minimum Gasteiger partial charge on any atom is -0.361 e. The highest BCUT2D eigenvalue weighted by atomic mass is 15.1. The predicted octanol–water partition coefficient (Wildman–Crippen LogP) is 2.34. The van der Waals surface area contributed by atoms with Gasteiger partial charge in [0.15, 0.2) is 0 Å². The van der Waals surface area contributed by atoms with Crippen molar-refractivity contribution in [2.24, 2.45) is 0 Å². The smallest absolute Gasteiger partial charge is 0.0385 e. The number of aromatic amines is 1. The fraction of sp³-hybridized carbons (Fsp3) is 0.500. The first-order valence-corrected chi connectivity index (χ1v) is 5.24. The second kappa shape index (κ2) is 3.62. The summed E-state index contributed by atoms with van der Waals surface area (Å²) in [7, 11) is 2.18. The summed E-state index contributed by atoms with van der Waals surface area (Å²) < 4.78 is 0. The number of likely N-dealkylation sites (N-methyl/N-ethyl adjacent to an activating group) is 1. The molecule has 0 radical (unpaired) electrons. The number of aryl methyl sites for hydroxylation is 1. The van der Waals surface area contributed by atoms with E-state index in [2.05, 4.69) is 42.9 Å². The van der Waals surface area contributed by atoms with E-state index in [1.54, 1.807) is 0 Å². The van der Waals surface area contributed by atoms with Crippen LogP contribution < -0.4 is 0 Å². The van der Waals surface area contributed by atoms with Gasteiger partial charge in [0.05, 0.1) is 0 Å². The zero-order chi connectivity index (χ0) is 10.1. The van der Waals surface area contributed by atoms with Crippen LogP contribution in [0, 0.1) is 6.92 Å².